The van der Waals surface area contributed by atoms with Crippen LogP contribution in [0.1, 0.15) is 20.7 Å². The van der Waals surface area contributed by atoms with Crippen molar-refractivity contribution in [3.63, 3.8) is 0 Å². The topological polar surface area (TPSA) is 91.3 Å². The van der Waals surface area contributed by atoms with Crippen LogP contribution in [0.25, 0.3) is 0 Å². The predicted molar refractivity (Wildman–Crippen MR) is 70.3 cm³/mol. The van der Waals surface area contributed by atoms with Gasteiger partial charge < -0.3 is 5.11 Å². The van der Waals surface area contributed by atoms with E-state index in [1.807, 2.05) is 0 Å². The maximum Gasteiger partial charge on any atom is 0.337 e. The van der Waals surface area contributed by atoms with Gasteiger partial charge >= 0.3 is 5.97 Å². The number of hydrazine groups is 1. The van der Waals surface area contributed by atoms with Crippen LogP contribution in [0.15, 0.2) is 42.6 Å². The van der Waals surface area contributed by atoms with Crippen molar-refractivity contribution < 1.29 is 14.7 Å². The summed E-state index contributed by atoms with van der Waals surface area (Å²) in [6.45, 7) is 0. The first-order chi connectivity index (χ1) is 9.20. The Labute approximate surface area is 109 Å². The molecule has 0 saturated carbocycles. The second-order valence-electron chi connectivity index (χ2n) is 3.69. The molecule has 96 valence electrons. The van der Waals surface area contributed by atoms with Gasteiger partial charge in [-0.1, -0.05) is 12.1 Å². The molecule has 1 aromatic heterocycles. The molecule has 0 aliphatic rings. The number of carbonyl (C=O) groups is 2. The minimum absolute atomic E-state index is 0.110. The lowest BCUT2D eigenvalue weighted by atomic mass is 10.2. The zero-order valence-electron chi connectivity index (χ0n) is 9.83. The molecule has 3 N–H and O–H groups in total. The number of pyridine rings is 1. The number of nitrogens with one attached hydrogen (secondary N) is 2. The lowest BCUT2D eigenvalue weighted by molar-refractivity contribution is 0.0696. The summed E-state index contributed by atoms with van der Waals surface area (Å²) >= 11 is 0. The number of aromatic nitrogens is 1. The summed E-state index contributed by atoms with van der Waals surface area (Å²) < 4.78 is 0. The molecular weight excluding hydrogens is 246 g/mol. The summed E-state index contributed by atoms with van der Waals surface area (Å²) in [5.41, 5.74) is 6.86. The number of carbonyl (C=O) groups excluding carboxylic acids is 1. The molecule has 6 nitrogen and oxygen atoms in total. The van der Waals surface area contributed by atoms with E-state index in [1.165, 1.54) is 18.3 Å². The number of benzene rings is 1. The Balaban J connectivity index is 2.06. The summed E-state index contributed by atoms with van der Waals surface area (Å²) in [5.74, 6) is -0.580. The van der Waals surface area contributed by atoms with Crippen LogP contribution in [-0.2, 0) is 0 Å². The number of hydrogen-bond acceptors (Lipinski definition) is 5. The average Bonchev–Trinajstić information content (AvgIpc) is 2.45. The van der Waals surface area contributed by atoms with E-state index >= 15 is 0 Å². The van der Waals surface area contributed by atoms with Crippen LogP contribution in [0.4, 0.5) is 11.5 Å². The molecule has 0 radical (unpaired) electrons. The van der Waals surface area contributed by atoms with Crippen molar-refractivity contribution in [3.8, 4) is 0 Å². The number of aromatic carboxylic acids is 1. The molecule has 0 amide bonds. The van der Waals surface area contributed by atoms with Crippen molar-refractivity contribution in [2.75, 3.05) is 10.9 Å². The molecule has 0 atom stereocenters. The van der Waals surface area contributed by atoms with Gasteiger partial charge in [-0.2, -0.15) is 0 Å². The Bertz CT molecular complexity index is 596. The lowest BCUT2D eigenvalue weighted by Gasteiger charge is -2.10. The molecule has 0 aliphatic carbocycles. The minimum Gasteiger partial charge on any atom is -0.478 e. The highest BCUT2D eigenvalue weighted by atomic mass is 16.4. The van der Waals surface area contributed by atoms with Crippen molar-refractivity contribution in [3.05, 3.63) is 53.7 Å². The van der Waals surface area contributed by atoms with Crippen LogP contribution >= 0.6 is 0 Å². The van der Waals surface area contributed by atoms with Gasteiger partial charge in [0.15, 0.2) is 6.29 Å². The SMILES string of the molecule is O=Cc1ccccc1NNc1ccc(C(=O)O)cn1. The molecule has 2 aromatic rings. The van der Waals surface area contributed by atoms with E-state index in [0.717, 1.165) is 6.29 Å². The van der Waals surface area contributed by atoms with E-state index in [-0.39, 0.29) is 5.56 Å². The Morgan fingerprint density at radius 1 is 1.16 bits per heavy atom. The number of nitrogens with zero attached hydrogens (tertiary/aromatic N) is 1. The number of carboxylic acid groups (broad SMARTS) is 1. The number of hydrogen-bond donors (Lipinski definition) is 3. The molecule has 0 spiro atoms. The van der Waals surface area contributed by atoms with Crippen LogP contribution in [0.2, 0.25) is 0 Å². The van der Waals surface area contributed by atoms with Crippen molar-refractivity contribution in [1.82, 2.24) is 4.98 Å². The van der Waals surface area contributed by atoms with Gasteiger partial charge in [0.05, 0.1) is 11.3 Å². The molecule has 0 unspecified atom stereocenters. The largest absolute Gasteiger partial charge is 0.478 e. The summed E-state index contributed by atoms with van der Waals surface area (Å²) in [6, 6.07) is 9.93. The van der Waals surface area contributed by atoms with Gasteiger partial charge in [0, 0.05) is 11.8 Å². The number of rotatable bonds is 5. The average molecular weight is 257 g/mol. The fourth-order valence-corrected chi connectivity index (χ4v) is 1.44. The van der Waals surface area contributed by atoms with Crippen molar-refractivity contribution in [1.29, 1.82) is 0 Å². The van der Waals surface area contributed by atoms with E-state index in [9.17, 15) is 9.59 Å². The van der Waals surface area contributed by atoms with E-state index in [2.05, 4.69) is 15.8 Å². The maximum atomic E-state index is 10.8. The molecule has 6 heteroatoms. The van der Waals surface area contributed by atoms with Crippen molar-refractivity contribution in [2.24, 2.45) is 0 Å². The van der Waals surface area contributed by atoms with Gasteiger partial charge in [-0.25, -0.2) is 9.78 Å². The molecule has 19 heavy (non-hydrogen) atoms. The predicted octanol–water partition coefficient (Wildman–Crippen LogP) is 2.03. The van der Waals surface area contributed by atoms with Crippen LogP contribution in [0, 0.1) is 0 Å². The minimum atomic E-state index is -1.03. The first kappa shape index (κ1) is 12.6. The van der Waals surface area contributed by atoms with E-state index in [1.54, 1.807) is 24.3 Å². The molecule has 1 heterocycles. The summed E-state index contributed by atoms with van der Waals surface area (Å²) in [5, 5.41) is 8.74. The second-order valence-corrected chi connectivity index (χ2v) is 3.69. The quantitative estimate of drug-likeness (QED) is 0.560. The Morgan fingerprint density at radius 3 is 2.58 bits per heavy atom. The summed E-state index contributed by atoms with van der Waals surface area (Å²) in [6.07, 6.45) is 1.99. The van der Waals surface area contributed by atoms with Gasteiger partial charge in [0.2, 0.25) is 0 Å². The second kappa shape index (κ2) is 5.63. The lowest BCUT2D eigenvalue weighted by Crippen LogP contribution is -2.11. The number of aldehydes is 1. The number of carboxylic acids is 1. The smallest absolute Gasteiger partial charge is 0.337 e. The molecule has 0 fully saturated rings. The third kappa shape index (κ3) is 3.06. The molecule has 1 aromatic carbocycles. The van der Waals surface area contributed by atoms with Crippen LogP contribution in [-0.4, -0.2) is 22.3 Å². The van der Waals surface area contributed by atoms with Crippen LogP contribution < -0.4 is 10.9 Å². The van der Waals surface area contributed by atoms with Gasteiger partial charge in [0.25, 0.3) is 0 Å². The summed E-state index contributed by atoms with van der Waals surface area (Å²) in [4.78, 5) is 25.4. The first-order valence-electron chi connectivity index (χ1n) is 5.46. The van der Waals surface area contributed by atoms with Gasteiger partial charge in [0.1, 0.15) is 5.82 Å². The standard InChI is InChI=1S/C13H11N3O3/c17-8-10-3-1-2-4-11(10)15-16-12-6-5-9(7-14-12)13(18)19/h1-8,15H,(H,14,16)(H,18,19). The highest BCUT2D eigenvalue weighted by Gasteiger charge is 2.03. The molecule has 0 aliphatic heterocycles. The highest BCUT2D eigenvalue weighted by Crippen LogP contribution is 2.13. The first-order valence-corrected chi connectivity index (χ1v) is 5.46. The molecular formula is C13H11N3O3. The highest BCUT2D eigenvalue weighted by molar-refractivity contribution is 5.87. The van der Waals surface area contributed by atoms with Crippen molar-refractivity contribution >= 4 is 23.8 Å². The molecule has 0 saturated heterocycles. The van der Waals surface area contributed by atoms with E-state index < -0.39 is 5.97 Å². The fourth-order valence-electron chi connectivity index (χ4n) is 1.44. The number of anilines is 2. The normalized spacial score (nSPS) is 9.68. The van der Waals surface area contributed by atoms with Gasteiger partial charge in [-0.15, -0.1) is 0 Å². The zero-order chi connectivity index (χ0) is 13.7. The third-order valence-electron chi connectivity index (χ3n) is 2.42. The van der Waals surface area contributed by atoms with Crippen molar-refractivity contribution in [2.45, 2.75) is 0 Å². The van der Waals surface area contributed by atoms with Crippen LogP contribution in [0.5, 0.6) is 0 Å². The zero-order valence-corrected chi connectivity index (χ0v) is 9.83. The monoisotopic (exact) mass is 257 g/mol. The van der Waals surface area contributed by atoms with E-state index in [4.69, 9.17) is 5.11 Å². The van der Waals surface area contributed by atoms with Gasteiger partial charge in [-0.3, -0.25) is 15.6 Å². The van der Waals surface area contributed by atoms with Crippen LogP contribution in [0.3, 0.4) is 0 Å². The summed E-state index contributed by atoms with van der Waals surface area (Å²) in [7, 11) is 0. The fraction of sp³-hybridized carbons (Fsp3) is 0. The van der Waals surface area contributed by atoms with Gasteiger partial charge in [-0.05, 0) is 24.3 Å². The maximum absolute atomic E-state index is 10.8. The third-order valence-corrected chi connectivity index (χ3v) is 2.42. The van der Waals surface area contributed by atoms with E-state index in [0.29, 0.717) is 17.1 Å². The molecule has 0 bridgehead atoms. The number of para-hydroxylation sites is 1. The Morgan fingerprint density at radius 2 is 1.95 bits per heavy atom. The Hall–Kier alpha value is -2.89. The Kier molecular flexibility index (Phi) is 3.72. The molecule has 2 rings (SSSR count).